The number of hydrogen-bond donors (Lipinski definition) is 4. The SMILES string of the molecule is C[C@@H]1CN(Cc2[nH]nc3c(=O)[nH]c(N)nc23)C[C@H]1O. The van der Waals surface area contributed by atoms with E-state index in [1.807, 2.05) is 6.92 Å². The van der Waals surface area contributed by atoms with Crippen LogP contribution < -0.4 is 11.3 Å². The summed E-state index contributed by atoms with van der Waals surface area (Å²) in [6.45, 7) is 3.99. The van der Waals surface area contributed by atoms with Crippen LogP contribution in [-0.2, 0) is 6.54 Å². The lowest BCUT2D eigenvalue weighted by Gasteiger charge is -2.13. The number of hydrogen-bond acceptors (Lipinski definition) is 6. The van der Waals surface area contributed by atoms with Crippen LogP contribution in [0.2, 0.25) is 0 Å². The van der Waals surface area contributed by atoms with Crippen molar-refractivity contribution < 1.29 is 5.11 Å². The molecule has 3 rings (SSSR count). The van der Waals surface area contributed by atoms with Crippen molar-refractivity contribution in [1.29, 1.82) is 0 Å². The van der Waals surface area contributed by atoms with Crippen LogP contribution in [0.15, 0.2) is 4.79 Å². The van der Waals surface area contributed by atoms with Gasteiger partial charge in [-0.3, -0.25) is 19.8 Å². The van der Waals surface area contributed by atoms with Crippen LogP contribution in [0.3, 0.4) is 0 Å². The second kappa shape index (κ2) is 4.32. The average molecular weight is 264 g/mol. The zero-order chi connectivity index (χ0) is 13.6. The van der Waals surface area contributed by atoms with Crippen LogP contribution in [0.25, 0.3) is 11.0 Å². The summed E-state index contributed by atoms with van der Waals surface area (Å²) < 4.78 is 0. The first-order valence-electron chi connectivity index (χ1n) is 6.17. The molecule has 5 N–H and O–H groups in total. The number of likely N-dealkylation sites (tertiary alicyclic amines) is 1. The first kappa shape index (κ1) is 12.1. The second-order valence-corrected chi connectivity index (χ2v) is 5.09. The number of nitrogens with zero attached hydrogens (tertiary/aromatic N) is 3. The minimum absolute atomic E-state index is 0.0787. The molecule has 2 atom stereocenters. The molecule has 0 unspecified atom stereocenters. The molecule has 0 aromatic carbocycles. The van der Waals surface area contributed by atoms with Crippen molar-refractivity contribution in [2.24, 2.45) is 5.92 Å². The summed E-state index contributed by atoms with van der Waals surface area (Å²) in [5, 5.41) is 16.5. The van der Waals surface area contributed by atoms with Gasteiger partial charge < -0.3 is 10.8 Å². The molecule has 0 aliphatic carbocycles. The van der Waals surface area contributed by atoms with Gasteiger partial charge in [0.2, 0.25) is 5.95 Å². The number of nitrogen functional groups attached to an aromatic ring is 1. The van der Waals surface area contributed by atoms with Gasteiger partial charge in [-0.15, -0.1) is 0 Å². The molecule has 2 aromatic heterocycles. The van der Waals surface area contributed by atoms with Crippen molar-refractivity contribution >= 4 is 17.0 Å². The molecule has 1 aliphatic rings. The predicted octanol–water partition coefficient (Wildman–Crippen LogP) is -0.959. The summed E-state index contributed by atoms with van der Waals surface area (Å²) in [6.07, 6.45) is -0.310. The van der Waals surface area contributed by atoms with Gasteiger partial charge in [0.25, 0.3) is 5.56 Å². The Balaban J connectivity index is 1.92. The Hall–Kier alpha value is -1.93. The zero-order valence-electron chi connectivity index (χ0n) is 10.6. The van der Waals surface area contributed by atoms with Crippen molar-refractivity contribution in [3.63, 3.8) is 0 Å². The average Bonchev–Trinajstić information content (AvgIpc) is 2.85. The van der Waals surface area contributed by atoms with Gasteiger partial charge in [0.05, 0.1) is 11.8 Å². The Bertz CT molecular complexity index is 653. The van der Waals surface area contributed by atoms with E-state index in [0.29, 0.717) is 18.6 Å². The van der Waals surface area contributed by atoms with Gasteiger partial charge >= 0.3 is 0 Å². The van der Waals surface area contributed by atoms with E-state index in [1.54, 1.807) is 0 Å². The molecule has 0 spiro atoms. The molecule has 1 fully saturated rings. The molecule has 1 aliphatic heterocycles. The number of nitrogens with one attached hydrogen (secondary N) is 2. The molecular formula is C11H16N6O2. The molecule has 3 heterocycles. The van der Waals surface area contributed by atoms with Gasteiger partial charge in [0.1, 0.15) is 5.52 Å². The Morgan fingerprint density at radius 1 is 1.47 bits per heavy atom. The summed E-state index contributed by atoms with van der Waals surface area (Å²) in [6, 6.07) is 0. The maximum atomic E-state index is 11.6. The minimum Gasteiger partial charge on any atom is -0.391 e. The fourth-order valence-corrected chi connectivity index (χ4v) is 2.49. The van der Waals surface area contributed by atoms with Gasteiger partial charge in [-0.1, -0.05) is 6.92 Å². The first-order chi connectivity index (χ1) is 9.04. The third-order valence-corrected chi connectivity index (χ3v) is 3.53. The second-order valence-electron chi connectivity index (χ2n) is 5.09. The highest BCUT2D eigenvalue weighted by atomic mass is 16.3. The van der Waals surface area contributed by atoms with E-state index in [2.05, 4.69) is 25.1 Å². The maximum absolute atomic E-state index is 11.6. The van der Waals surface area contributed by atoms with E-state index in [-0.39, 0.29) is 29.0 Å². The number of aromatic amines is 2. The van der Waals surface area contributed by atoms with E-state index < -0.39 is 0 Å². The van der Waals surface area contributed by atoms with Gasteiger partial charge in [-0.25, -0.2) is 4.98 Å². The number of aliphatic hydroxyl groups excluding tert-OH is 1. The van der Waals surface area contributed by atoms with Crippen LogP contribution in [0.4, 0.5) is 5.95 Å². The number of aliphatic hydroxyl groups is 1. The summed E-state index contributed by atoms with van der Waals surface area (Å²) >= 11 is 0. The highest BCUT2D eigenvalue weighted by Crippen LogP contribution is 2.20. The quantitative estimate of drug-likeness (QED) is 0.554. The van der Waals surface area contributed by atoms with Crippen molar-refractivity contribution in [2.75, 3.05) is 18.8 Å². The van der Waals surface area contributed by atoms with Crippen LogP contribution >= 0.6 is 0 Å². The Labute approximate surface area is 108 Å². The van der Waals surface area contributed by atoms with Crippen LogP contribution in [-0.4, -0.2) is 49.4 Å². The van der Waals surface area contributed by atoms with Crippen molar-refractivity contribution in [3.8, 4) is 0 Å². The number of rotatable bonds is 2. The Kier molecular flexibility index (Phi) is 2.76. The predicted molar refractivity (Wildman–Crippen MR) is 69.4 cm³/mol. The number of H-pyrrole nitrogens is 2. The van der Waals surface area contributed by atoms with Gasteiger partial charge in [0, 0.05) is 19.6 Å². The van der Waals surface area contributed by atoms with E-state index >= 15 is 0 Å². The van der Waals surface area contributed by atoms with E-state index in [1.165, 1.54) is 0 Å². The number of nitrogens with two attached hydrogens (primary N) is 1. The first-order valence-corrected chi connectivity index (χ1v) is 6.17. The van der Waals surface area contributed by atoms with E-state index in [4.69, 9.17) is 5.73 Å². The molecular weight excluding hydrogens is 248 g/mol. The molecule has 19 heavy (non-hydrogen) atoms. The minimum atomic E-state index is -0.347. The molecule has 0 bridgehead atoms. The van der Waals surface area contributed by atoms with Gasteiger partial charge in [-0.05, 0) is 5.92 Å². The highest BCUT2D eigenvalue weighted by Gasteiger charge is 2.28. The molecule has 0 saturated carbocycles. The van der Waals surface area contributed by atoms with E-state index in [0.717, 1.165) is 12.2 Å². The number of fused-ring (bicyclic) bond motifs is 1. The largest absolute Gasteiger partial charge is 0.391 e. The van der Waals surface area contributed by atoms with E-state index in [9.17, 15) is 9.90 Å². The summed E-state index contributed by atoms with van der Waals surface area (Å²) in [4.78, 5) is 20.3. The molecule has 102 valence electrons. The standard InChI is InChI=1S/C11H16N6O2/c1-5-2-17(4-7(5)18)3-6-8-9(16-15-6)10(19)14-11(12)13-8/h5,7,18H,2-4H2,1H3,(H,15,16)(H3,12,13,14,19)/t5-,7-/m1/s1. The Morgan fingerprint density at radius 2 is 2.26 bits per heavy atom. The van der Waals surface area contributed by atoms with Crippen LogP contribution in [0.5, 0.6) is 0 Å². The maximum Gasteiger partial charge on any atom is 0.280 e. The monoisotopic (exact) mass is 264 g/mol. The smallest absolute Gasteiger partial charge is 0.280 e. The third-order valence-electron chi connectivity index (χ3n) is 3.53. The third kappa shape index (κ3) is 2.08. The van der Waals surface area contributed by atoms with Crippen molar-refractivity contribution in [1.82, 2.24) is 25.1 Å². The topological polar surface area (TPSA) is 124 Å². The van der Waals surface area contributed by atoms with Crippen LogP contribution in [0.1, 0.15) is 12.6 Å². The summed E-state index contributed by atoms with van der Waals surface area (Å²) in [5.41, 5.74) is 6.70. The molecule has 1 saturated heterocycles. The lowest BCUT2D eigenvalue weighted by molar-refractivity contribution is 0.147. The normalized spacial score (nSPS) is 24.3. The fraction of sp³-hybridized carbons (Fsp3) is 0.545. The Morgan fingerprint density at radius 3 is 2.95 bits per heavy atom. The lowest BCUT2D eigenvalue weighted by atomic mass is 10.1. The van der Waals surface area contributed by atoms with Crippen LogP contribution in [0, 0.1) is 5.92 Å². The summed E-state index contributed by atoms with van der Waals surface area (Å²) in [7, 11) is 0. The van der Waals surface area contributed by atoms with Gasteiger partial charge in [-0.2, -0.15) is 5.10 Å². The number of aromatic nitrogens is 4. The van der Waals surface area contributed by atoms with Gasteiger partial charge in [0.15, 0.2) is 5.52 Å². The molecule has 0 radical (unpaired) electrons. The van der Waals surface area contributed by atoms with Crippen molar-refractivity contribution in [3.05, 3.63) is 16.0 Å². The number of β-amino-alcohol motifs (C(OH)–C–C–N with tert-alkyl or cyclic N) is 1. The van der Waals surface area contributed by atoms with Crippen molar-refractivity contribution in [2.45, 2.75) is 19.6 Å². The zero-order valence-corrected chi connectivity index (χ0v) is 10.6. The number of anilines is 1. The highest BCUT2D eigenvalue weighted by molar-refractivity contribution is 5.76. The molecule has 8 heteroatoms. The molecule has 2 aromatic rings. The summed E-state index contributed by atoms with van der Waals surface area (Å²) in [5.74, 6) is 0.325. The molecule has 8 nitrogen and oxygen atoms in total. The molecule has 0 amide bonds. The fourth-order valence-electron chi connectivity index (χ4n) is 2.49. The lowest BCUT2D eigenvalue weighted by Crippen LogP contribution is -2.22.